The SMILES string of the molecule is O=C(CC1(C(=O)O)CCC1)NCc1ccc(Cn2cnc3ccccc32)cc1. The molecule has 1 amide bonds. The fourth-order valence-corrected chi connectivity index (χ4v) is 3.74. The minimum atomic E-state index is -0.856. The number of carbonyl (C=O) groups excluding carboxylic acids is 1. The number of aliphatic carboxylic acids is 1. The van der Waals surface area contributed by atoms with Gasteiger partial charge in [-0.1, -0.05) is 42.8 Å². The van der Waals surface area contributed by atoms with E-state index in [-0.39, 0.29) is 12.3 Å². The Hall–Kier alpha value is -3.15. The van der Waals surface area contributed by atoms with E-state index in [1.54, 1.807) is 0 Å². The molecule has 0 radical (unpaired) electrons. The van der Waals surface area contributed by atoms with Crippen molar-refractivity contribution in [2.45, 2.75) is 38.8 Å². The van der Waals surface area contributed by atoms with Crippen molar-refractivity contribution in [2.75, 3.05) is 0 Å². The number of carboxylic acids is 1. The second-order valence-corrected chi connectivity index (χ2v) is 7.57. The van der Waals surface area contributed by atoms with Gasteiger partial charge in [0.25, 0.3) is 0 Å². The highest BCUT2D eigenvalue weighted by molar-refractivity contribution is 5.85. The van der Waals surface area contributed by atoms with E-state index in [4.69, 9.17) is 0 Å². The number of amides is 1. The van der Waals surface area contributed by atoms with E-state index in [1.165, 1.54) is 0 Å². The maximum Gasteiger partial charge on any atom is 0.310 e. The van der Waals surface area contributed by atoms with Crippen LogP contribution in [0.2, 0.25) is 0 Å². The number of para-hydroxylation sites is 2. The second-order valence-electron chi connectivity index (χ2n) is 7.57. The molecule has 1 aromatic heterocycles. The Morgan fingerprint density at radius 2 is 1.79 bits per heavy atom. The highest BCUT2D eigenvalue weighted by Crippen LogP contribution is 2.44. The van der Waals surface area contributed by atoms with Crippen LogP contribution in [0.3, 0.4) is 0 Å². The molecule has 0 spiro atoms. The predicted molar refractivity (Wildman–Crippen MR) is 106 cm³/mol. The van der Waals surface area contributed by atoms with Gasteiger partial charge in [-0.25, -0.2) is 4.98 Å². The predicted octanol–water partition coefficient (Wildman–Crippen LogP) is 3.35. The van der Waals surface area contributed by atoms with Crippen molar-refractivity contribution in [3.05, 3.63) is 66.0 Å². The molecule has 0 aliphatic heterocycles. The molecule has 1 fully saturated rings. The van der Waals surface area contributed by atoms with E-state index in [0.717, 1.165) is 35.1 Å². The Labute approximate surface area is 163 Å². The lowest BCUT2D eigenvalue weighted by Crippen LogP contribution is -2.42. The number of carbonyl (C=O) groups is 2. The van der Waals surface area contributed by atoms with E-state index < -0.39 is 11.4 Å². The summed E-state index contributed by atoms with van der Waals surface area (Å²) in [5.74, 6) is -1.05. The zero-order chi connectivity index (χ0) is 19.6. The van der Waals surface area contributed by atoms with Crippen LogP contribution >= 0.6 is 0 Å². The fraction of sp³-hybridized carbons (Fsp3) is 0.318. The van der Waals surface area contributed by atoms with E-state index in [2.05, 4.69) is 20.9 Å². The van der Waals surface area contributed by atoms with E-state index in [0.29, 0.717) is 19.4 Å². The van der Waals surface area contributed by atoms with Crippen molar-refractivity contribution in [2.24, 2.45) is 5.41 Å². The summed E-state index contributed by atoms with van der Waals surface area (Å²) in [4.78, 5) is 27.9. The molecule has 1 heterocycles. The maximum absolute atomic E-state index is 12.1. The summed E-state index contributed by atoms with van der Waals surface area (Å²) in [5.41, 5.74) is 3.37. The fourth-order valence-electron chi connectivity index (χ4n) is 3.74. The van der Waals surface area contributed by atoms with Crippen molar-refractivity contribution < 1.29 is 14.7 Å². The van der Waals surface area contributed by atoms with Crippen LogP contribution in [0.25, 0.3) is 11.0 Å². The topological polar surface area (TPSA) is 84.2 Å². The third-order valence-corrected chi connectivity index (χ3v) is 5.66. The van der Waals surface area contributed by atoms with Crippen LogP contribution in [0.15, 0.2) is 54.9 Å². The molecule has 0 atom stereocenters. The van der Waals surface area contributed by atoms with E-state index in [1.807, 2.05) is 48.8 Å². The molecule has 4 rings (SSSR count). The number of carboxylic acid groups (broad SMARTS) is 1. The number of nitrogens with zero attached hydrogens (tertiary/aromatic N) is 2. The molecule has 6 nitrogen and oxygen atoms in total. The summed E-state index contributed by atoms with van der Waals surface area (Å²) >= 11 is 0. The minimum Gasteiger partial charge on any atom is -0.481 e. The van der Waals surface area contributed by atoms with Crippen molar-refractivity contribution in [3.63, 3.8) is 0 Å². The van der Waals surface area contributed by atoms with Gasteiger partial charge in [-0.2, -0.15) is 0 Å². The first-order valence-corrected chi connectivity index (χ1v) is 9.54. The number of fused-ring (bicyclic) bond motifs is 1. The van der Waals surface area contributed by atoms with Gasteiger partial charge >= 0.3 is 5.97 Å². The van der Waals surface area contributed by atoms with Gasteiger partial charge in [0.15, 0.2) is 0 Å². The van der Waals surface area contributed by atoms with E-state index in [9.17, 15) is 14.7 Å². The monoisotopic (exact) mass is 377 g/mol. The van der Waals surface area contributed by atoms with Crippen LogP contribution in [-0.4, -0.2) is 26.5 Å². The Morgan fingerprint density at radius 3 is 2.46 bits per heavy atom. The summed E-state index contributed by atoms with van der Waals surface area (Å²) in [7, 11) is 0. The molecule has 28 heavy (non-hydrogen) atoms. The van der Waals surface area contributed by atoms with Crippen molar-refractivity contribution in [1.29, 1.82) is 0 Å². The number of hydrogen-bond donors (Lipinski definition) is 2. The van der Waals surface area contributed by atoms with Crippen LogP contribution in [0.5, 0.6) is 0 Å². The number of imidazole rings is 1. The van der Waals surface area contributed by atoms with Gasteiger partial charge in [0.2, 0.25) is 5.91 Å². The Balaban J connectivity index is 1.33. The summed E-state index contributed by atoms with van der Waals surface area (Å²) in [6, 6.07) is 16.1. The van der Waals surface area contributed by atoms with Crippen LogP contribution in [0.4, 0.5) is 0 Å². The number of nitrogens with one attached hydrogen (secondary N) is 1. The Bertz CT molecular complexity index is 1000. The van der Waals surface area contributed by atoms with Gasteiger partial charge < -0.3 is 15.0 Å². The van der Waals surface area contributed by atoms with Crippen LogP contribution in [0, 0.1) is 5.41 Å². The third-order valence-electron chi connectivity index (χ3n) is 5.66. The first-order valence-electron chi connectivity index (χ1n) is 9.54. The number of rotatable bonds is 7. The lowest BCUT2D eigenvalue weighted by Gasteiger charge is -2.36. The molecular weight excluding hydrogens is 354 g/mol. The third kappa shape index (κ3) is 3.63. The molecule has 6 heteroatoms. The van der Waals surface area contributed by atoms with E-state index >= 15 is 0 Å². The molecule has 3 aromatic rings. The summed E-state index contributed by atoms with van der Waals surface area (Å²) in [5, 5.41) is 12.2. The maximum atomic E-state index is 12.1. The van der Waals surface area contributed by atoms with Crippen molar-refractivity contribution >= 4 is 22.9 Å². The first-order chi connectivity index (χ1) is 13.6. The largest absolute Gasteiger partial charge is 0.481 e. The van der Waals surface area contributed by atoms with Crippen LogP contribution in [-0.2, 0) is 22.7 Å². The van der Waals surface area contributed by atoms with Crippen molar-refractivity contribution in [3.8, 4) is 0 Å². The average molecular weight is 377 g/mol. The van der Waals surface area contributed by atoms with Crippen molar-refractivity contribution in [1.82, 2.24) is 14.9 Å². The molecule has 1 aliphatic rings. The zero-order valence-corrected chi connectivity index (χ0v) is 15.6. The average Bonchev–Trinajstić information content (AvgIpc) is 3.07. The lowest BCUT2D eigenvalue weighted by atomic mass is 9.66. The van der Waals surface area contributed by atoms with Gasteiger partial charge in [0.05, 0.1) is 22.8 Å². The molecule has 1 aliphatic carbocycles. The zero-order valence-electron chi connectivity index (χ0n) is 15.6. The molecule has 144 valence electrons. The quantitative estimate of drug-likeness (QED) is 0.661. The van der Waals surface area contributed by atoms with Gasteiger partial charge in [0, 0.05) is 19.5 Å². The molecule has 0 bridgehead atoms. The molecule has 2 aromatic carbocycles. The molecule has 0 saturated heterocycles. The standard InChI is InChI=1S/C22H23N3O3/c26-20(12-22(21(27)28)10-3-11-22)23-13-16-6-8-17(9-7-16)14-25-15-24-18-4-1-2-5-19(18)25/h1-2,4-9,15H,3,10-14H2,(H,23,26)(H,27,28). The van der Waals surface area contributed by atoms with Crippen LogP contribution in [0.1, 0.15) is 36.8 Å². The molecular formula is C22H23N3O3. The summed E-state index contributed by atoms with van der Waals surface area (Å²) in [6.45, 7) is 1.14. The second kappa shape index (κ2) is 7.46. The smallest absolute Gasteiger partial charge is 0.310 e. The number of aromatic nitrogens is 2. The summed E-state index contributed by atoms with van der Waals surface area (Å²) < 4.78 is 2.11. The Morgan fingerprint density at radius 1 is 1.07 bits per heavy atom. The highest BCUT2D eigenvalue weighted by atomic mass is 16.4. The van der Waals surface area contributed by atoms with Gasteiger partial charge in [-0.15, -0.1) is 0 Å². The number of hydrogen-bond acceptors (Lipinski definition) is 3. The van der Waals surface area contributed by atoms with Gasteiger partial charge in [-0.3, -0.25) is 9.59 Å². The van der Waals surface area contributed by atoms with Gasteiger partial charge in [0.1, 0.15) is 0 Å². The summed E-state index contributed by atoms with van der Waals surface area (Å²) in [6.07, 6.45) is 3.97. The normalized spacial score (nSPS) is 15.1. The molecule has 2 N–H and O–H groups in total. The Kier molecular flexibility index (Phi) is 4.86. The minimum absolute atomic E-state index is 0.0636. The lowest BCUT2D eigenvalue weighted by molar-refractivity contribution is -0.157. The van der Waals surface area contributed by atoms with Crippen LogP contribution < -0.4 is 5.32 Å². The molecule has 0 unspecified atom stereocenters. The van der Waals surface area contributed by atoms with Gasteiger partial charge in [-0.05, 0) is 36.1 Å². The molecule has 1 saturated carbocycles. The first kappa shape index (κ1) is 18.2. The number of benzene rings is 2. The highest BCUT2D eigenvalue weighted by Gasteiger charge is 2.45.